The zero-order valence-electron chi connectivity index (χ0n) is 11.9. The van der Waals surface area contributed by atoms with E-state index in [1.54, 1.807) is 32.3 Å². The van der Waals surface area contributed by atoms with Gasteiger partial charge in [-0.15, -0.1) is 6.42 Å². The molecular formula is C15H12Cl2N2O2S. The van der Waals surface area contributed by atoms with Crippen molar-refractivity contribution in [3.63, 3.8) is 0 Å². The molecule has 0 spiro atoms. The molecule has 2 rings (SSSR count). The van der Waals surface area contributed by atoms with Crippen LogP contribution in [0.1, 0.15) is 5.56 Å². The van der Waals surface area contributed by atoms with E-state index < -0.39 is 0 Å². The molecule has 1 fully saturated rings. The van der Waals surface area contributed by atoms with Gasteiger partial charge in [0.25, 0.3) is 5.91 Å². The number of carbonyl (C=O) groups excluding carboxylic acids is 1. The van der Waals surface area contributed by atoms with E-state index >= 15 is 0 Å². The lowest BCUT2D eigenvalue weighted by Gasteiger charge is -2.08. The molecule has 1 aromatic carbocycles. The Morgan fingerprint density at radius 1 is 1.45 bits per heavy atom. The lowest BCUT2D eigenvalue weighted by molar-refractivity contribution is -0.121. The summed E-state index contributed by atoms with van der Waals surface area (Å²) in [5, 5.41) is 1.31. The van der Waals surface area contributed by atoms with Crippen molar-refractivity contribution in [3.05, 3.63) is 32.6 Å². The van der Waals surface area contributed by atoms with Crippen molar-refractivity contribution in [1.82, 2.24) is 4.90 Å². The average Bonchev–Trinajstić information content (AvgIpc) is 2.74. The van der Waals surface area contributed by atoms with Crippen LogP contribution in [-0.4, -0.2) is 36.7 Å². The minimum Gasteiger partial charge on any atom is -0.478 e. The fraction of sp³-hybridized carbons (Fsp3) is 0.200. The van der Waals surface area contributed by atoms with E-state index in [2.05, 4.69) is 10.9 Å². The summed E-state index contributed by atoms with van der Waals surface area (Å²) in [4.78, 5) is 18.2. The fourth-order valence-electron chi connectivity index (χ4n) is 1.82. The number of carbonyl (C=O) groups is 1. The number of likely N-dealkylation sites (N-methyl/N-ethyl adjacent to an activating group) is 1. The highest BCUT2D eigenvalue weighted by Crippen LogP contribution is 2.37. The summed E-state index contributed by atoms with van der Waals surface area (Å²) in [6.07, 6.45) is 6.86. The van der Waals surface area contributed by atoms with E-state index in [0.29, 0.717) is 31.4 Å². The van der Waals surface area contributed by atoms with Gasteiger partial charge in [0.2, 0.25) is 0 Å². The van der Waals surface area contributed by atoms with Crippen LogP contribution in [0.3, 0.4) is 0 Å². The number of terminal acetylenes is 1. The van der Waals surface area contributed by atoms with Crippen molar-refractivity contribution in [2.45, 2.75) is 0 Å². The monoisotopic (exact) mass is 354 g/mol. The van der Waals surface area contributed by atoms with Crippen molar-refractivity contribution in [3.8, 4) is 18.1 Å². The molecule has 1 amide bonds. The first-order valence-corrected chi connectivity index (χ1v) is 7.75. The van der Waals surface area contributed by atoms with Gasteiger partial charge in [0.05, 0.1) is 15.0 Å². The maximum Gasteiger partial charge on any atom is 0.266 e. The quantitative estimate of drug-likeness (QED) is 0.615. The van der Waals surface area contributed by atoms with Crippen LogP contribution in [0.4, 0.5) is 0 Å². The molecule has 0 atom stereocenters. The van der Waals surface area contributed by atoms with Crippen LogP contribution in [0, 0.1) is 12.3 Å². The van der Waals surface area contributed by atoms with Crippen molar-refractivity contribution < 1.29 is 9.53 Å². The van der Waals surface area contributed by atoms with Crippen LogP contribution >= 0.6 is 35.0 Å². The van der Waals surface area contributed by atoms with Crippen LogP contribution in [0.5, 0.6) is 5.75 Å². The van der Waals surface area contributed by atoms with Gasteiger partial charge >= 0.3 is 0 Å². The highest BCUT2D eigenvalue weighted by Gasteiger charge is 2.29. The maximum atomic E-state index is 12.1. The minimum atomic E-state index is -0.120. The summed E-state index contributed by atoms with van der Waals surface area (Å²) in [5.74, 6) is 2.56. The third kappa shape index (κ3) is 3.41. The molecular weight excluding hydrogens is 343 g/mol. The summed E-state index contributed by atoms with van der Waals surface area (Å²) in [7, 11) is 3.32. The van der Waals surface area contributed by atoms with E-state index in [-0.39, 0.29) is 12.5 Å². The molecule has 7 heteroatoms. The van der Waals surface area contributed by atoms with Gasteiger partial charge in [0.15, 0.2) is 10.9 Å². The molecule has 0 aromatic heterocycles. The standard InChI is InChI=1S/C15H12Cl2N2O2S/c1-4-5-21-13-10(16)6-9(7-11(13)17)8-12-14(20)19(3)15(18-2)22-12/h1,6-8H,5H2,2-3H3/b12-8+,18-15?. The summed E-state index contributed by atoms with van der Waals surface area (Å²) >= 11 is 13.6. The summed E-state index contributed by atoms with van der Waals surface area (Å²) in [6.45, 7) is 0.0787. The molecule has 1 aliphatic rings. The first kappa shape index (κ1) is 16.8. The largest absolute Gasteiger partial charge is 0.478 e. The second kappa shape index (κ2) is 7.10. The topological polar surface area (TPSA) is 41.9 Å². The van der Waals surface area contributed by atoms with Gasteiger partial charge in [-0.05, 0) is 35.5 Å². The van der Waals surface area contributed by atoms with Gasteiger partial charge in [-0.25, -0.2) is 0 Å². The number of thioether (sulfide) groups is 1. The van der Waals surface area contributed by atoms with Gasteiger partial charge < -0.3 is 4.74 Å². The zero-order valence-corrected chi connectivity index (χ0v) is 14.2. The van der Waals surface area contributed by atoms with Gasteiger partial charge in [-0.2, -0.15) is 0 Å². The van der Waals surface area contributed by atoms with E-state index in [0.717, 1.165) is 0 Å². The fourth-order valence-corrected chi connectivity index (χ4v) is 3.36. The summed E-state index contributed by atoms with van der Waals surface area (Å²) in [5.41, 5.74) is 0.699. The number of hydrogen-bond donors (Lipinski definition) is 0. The summed E-state index contributed by atoms with van der Waals surface area (Å²) < 4.78 is 5.29. The van der Waals surface area contributed by atoms with Crippen LogP contribution in [-0.2, 0) is 4.79 Å². The SMILES string of the molecule is C#CCOc1c(Cl)cc(/C=C2/SC(=NC)N(C)C2=O)cc1Cl. The van der Waals surface area contributed by atoms with E-state index in [1.807, 2.05) is 0 Å². The molecule has 0 aliphatic carbocycles. The van der Waals surface area contributed by atoms with Crippen LogP contribution in [0.2, 0.25) is 10.0 Å². The maximum absolute atomic E-state index is 12.1. The third-order valence-corrected chi connectivity index (χ3v) is 4.53. The predicted octanol–water partition coefficient (Wildman–Crippen LogP) is 3.54. The Hall–Kier alpha value is -1.61. The Bertz CT molecular complexity index is 700. The number of benzene rings is 1. The van der Waals surface area contributed by atoms with Crippen molar-refractivity contribution in [2.24, 2.45) is 4.99 Å². The van der Waals surface area contributed by atoms with E-state index in [1.165, 1.54) is 16.7 Å². The van der Waals surface area contributed by atoms with Gasteiger partial charge in [-0.1, -0.05) is 29.1 Å². The Kier molecular flexibility index (Phi) is 5.41. The number of halogens is 2. The molecule has 1 aromatic rings. The van der Waals surface area contributed by atoms with Gasteiger partial charge in [0, 0.05) is 14.1 Å². The van der Waals surface area contributed by atoms with Crippen molar-refractivity contribution in [1.29, 1.82) is 0 Å². The van der Waals surface area contributed by atoms with Gasteiger partial charge in [-0.3, -0.25) is 14.7 Å². The molecule has 22 heavy (non-hydrogen) atoms. The predicted molar refractivity (Wildman–Crippen MR) is 92.5 cm³/mol. The molecule has 0 N–H and O–H groups in total. The molecule has 1 saturated heterocycles. The Labute approximate surface area is 143 Å². The third-order valence-electron chi connectivity index (χ3n) is 2.81. The highest BCUT2D eigenvalue weighted by molar-refractivity contribution is 8.18. The average molecular weight is 355 g/mol. The summed E-state index contributed by atoms with van der Waals surface area (Å²) in [6, 6.07) is 3.34. The van der Waals surface area contributed by atoms with Gasteiger partial charge in [0.1, 0.15) is 6.61 Å². The molecule has 1 aliphatic heterocycles. The Morgan fingerprint density at radius 2 is 2.09 bits per heavy atom. The second-order valence-corrected chi connectivity index (χ2v) is 6.11. The molecule has 114 valence electrons. The number of hydrogen-bond acceptors (Lipinski definition) is 4. The zero-order chi connectivity index (χ0) is 16.3. The van der Waals surface area contributed by atoms with Crippen LogP contribution in [0.15, 0.2) is 22.0 Å². The minimum absolute atomic E-state index is 0.0787. The van der Waals surface area contributed by atoms with Crippen molar-refractivity contribution in [2.75, 3.05) is 20.7 Å². The number of ether oxygens (including phenoxy) is 1. The first-order chi connectivity index (χ1) is 10.5. The number of aliphatic imine (C=N–C) groups is 1. The number of rotatable bonds is 3. The molecule has 0 saturated carbocycles. The molecule has 0 unspecified atom stereocenters. The first-order valence-electron chi connectivity index (χ1n) is 6.17. The smallest absolute Gasteiger partial charge is 0.266 e. The van der Waals surface area contributed by atoms with E-state index in [9.17, 15) is 4.79 Å². The molecule has 4 nitrogen and oxygen atoms in total. The normalized spacial score (nSPS) is 18.1. The highest BCUT2D eigenvalue weighted by atomic mass is 35.5. The van der Waals surface area contributed by atoms with E-state index in [4.69, 9.17) is 34.4 Å². The van der Waals surface area contributed by atoms with Crippen LogP contribution in [0.25, 0.3) is 6.08 Å². The lowest BCUT2D eigenvalue weighted by atomic mass is 10.2. The second-order valence-electron chi connectivity index (χ2n) is 4.29. The lowest BCUT2D eigenvalue weighted by Crippen LogP contribution is -2.23. The molecule has 1 heterocycles. The Morgan fingerprint density at radius 3 is 2.59 bits per heavy atom. The number of nitrogens with zero attached hydrogens (tertiary/aromatic N) is 2. The van der Waals surface area contributed by atoms with Crippen LogP contribution < -0.4 is 4.74 Å². The Balaban J connectivity index is 2.34. The number of amidine groups is 1. The molecule has 0 bridgehead atoms. The molecule has 0 radical (unpaired) electrons. The number of amides is 1. The van der Waals surface area contributed by atoms with Crippen molar-refractivity contribution >= 4 is 52.1 Å².